The predicted molar refractivity (Wildman–Crippen MR) is 117 cm³/mol. The number of alkyl halides is 3. The van der Waals surface area contributed by atoms with Crippen molar-refractivity contribution in [2.24, 2.45) is 0 Å². The van der Waals surface area contributed by atoms with E-state index in [-0.39, 0.29) is 5.56 Å². The molecule has 0 aliphatic carbocycles. The van der Waals surface area contributed by atoms with Gasteiger partial charge in [0.2, 0.25) is 0 Å². The Hall–Kier alpha value is -4.39. The van der Waals surface area contributed by atoms with Crippen molar-refractivity contribution < 1.29 is 23.0 Å². The third-order valence-corrected chi connectivity index (χ3v) is 4.87. The van der Waals surface area contributed by atoms with E-state index in [0.29, 0.717) is 42.7 Å². The number of pyridine rings is 1. The van der Waals surface area contributed by atoms with Gasteiger partial charge in [-0.2, -0.15) is 13.2 Å². The number of aromatic hydroxyl groups is 1. The first-order chi connectivity index (χ1) is 16.4. The fourth-order valence-electron chi connectivity index (χ4n) is 3.25. The molecule has 0 radical (unpaired) electrons. The summed E-state index contributed by atoms with van der Waals surface area (Å²) in [4.78, 5) is 3.94. The zero-order valence-electron chi connectivity index (χ0n) is 17.7. The summed E-state index contributed by atoms with van der Waals surface area (Å²) in [6.07, 6.45) is -0.166. The van der Waals surface area contributed by atoms with Gasteiger partial charge in [-0.1, -0.05) is 11.8 Å². The number of phenolic OH excluding ortho intramolecular Hbond substituents is 1. The van der Waals surface area contributed by atoms with Crippen LogP contribution in [0, 0.1) is 11.8 Å². The number of H-pyrrole nitrogens is 1. The lowest BCUT2D eigenvalue weighted by Gasteiger charge is -2.10. The molecule has 0 unspecified atom stereocenters. The highest BCUT2D eigenvalue weighted by molar-refractivity contribution is 5.60. The first-order valence-electron chi connectivity index (χ1n) is 10.2. The summed E-state index contributed by atoms with van der Waals surface area (Å²) in [7, 11) is 0. The van der Waals surface area contributed by atoms with E-state index >= 15 is 0 Å². The van der Waals surface area contributed by atoms with E-state index in [0.717, 1.165) is 17.2 Å². The molecule has 2 aromatic heterocycles. The molecular weight excluding hydrogens is 447 g/mol. The number of tetrazole rings is 1. The summed E-state index contributed by atoms with van der Waals surface area (Å²) in [6, 6.07) is 11.8. The smallest absolute Gasteiger partial charge is 0.417 e. The number of rotatable bonds is 6. The van der Waals surface area contributed by atoms with Gasteiger partial charge in [-0.25, -0.2) is 5.10 Å². The van der Waals surface area contributed by atoms with E-state index in [1.54, 1.807) is 36.7 Å². The summed E-state index contributed by atoms with van der Waals surface area (Å²) in [5, 5.41) is 23.2. The van der Waals surface area contributed by atoms with Crippen LogP contribution in [0.2, 0.25) is 0 Å². The number of nitrogens with one attached hydrogen (secondary N) is 1. The largest absolute Gasteiger partial charge is 0.508 e. The predicted octanol–water partition coefficient (Wildman–Crippen LogP) is 4.40. The van der Waals surface area contributed by atoms with E-state index < -0.39 is 17.5 Å². The van der Waals surface area contributed by atoms with Crippen LogP contribution in [-0.4, -0.2) is 37.3 Å². The maximum Gasteiger partial charge on any atom is 0.417 e. The Balaban J connectivity index is 1.60. The average Bonchev–Trinajstić information content (AvgIpc) is 3.36. The van der Waals surface area contributed by atoms with Crippen LogP contribution in [0.1, 0.15) is 28.7 Å². The summed E-state index contributed by atoms with van der Waals surface area (Å²) < 4.78 is 45.8. The van der Waals surface area contributed by atoms with Gasteiger partial charge in [0.25, 0.3) is 0 Å². The molecule has 4 rings (SSSR count). The topological polar surface area (TPSA) is 96.8 Å². The number of halogens is 3. The van der Waals surface area contributed by atoms with Gasteiger partial charge in [-0.05, 0) is 77.4 Å². The highest BCUT2D eigenvalue weighted by Crippen LogP contribution is 2.34. The molecule has 0 fully saturated rings. The van der Waals surface area contributed by atoms with Crippen LogP contribution in [0.5, 0.6) is 11.5 Å². The zero-order chi connectivity index (χ0) is 24.0. The second-order valence-corrected chi connectivity index (χ2v) is 7.23. The third kappa shape index (κ3) is 5.69. The normalized spacial score (nSPS) is 11.0. The van der Waals surface area contributed by atoms with Gasteiger partial charge in [0.05, 0.1) is 12.2 Å². The van der Waals surface area contributed by atoms with Gasteiger partial charge in [-0.3, -0.25) is 4.98 Å². The SMILES string of the molecule is Oc1ccc(C#Cc2ccc(-c3nnn[nH]3)cc2CCCOc2ccncc2)c(C(F)(F)F)c1. The average molecular weight is 465 g/mol. The van der Waals surface area contributed by atoms with Crippen molar-refractivity contribution in [1.29, 1.82) is 0 Å². The van der Waals surface area contributed by atoms with Crippen LogP contribution in [0.3, 0.4) is 0 Å². The number of ether oxygens (including phenoxy) is 1. The minimum Gasteiger partial charge on any atom is -0.508 e. The molecule has 172 valence electrons. The zero-order valence-corrected chi connectivity index (χ0v) is 17.7. The van der Waals surface area contributed by atoms with E-state index in [1.807, 2.05) is 6.07 Å². The molecule has 4 aromatic rings. The Morgan fingerprint density at radius 2 is 1.74 bits per heavy atom. The molecule has 7 nitrogen and oxygen atoms in total. The van der Waals surface area contributed by atoms with E-state index in [1.165, 1.54) is 6.07 Å². The molecule has 0 aliphatic heterocycles. The molecule has 0 aliphatic rings. The lowest BCUT2D eigenvalue weighted by molar-refractivity contribution is -0.137. The van der Waals surface area contributed by atoms with Crippen LogP contribution in [0.15, 0.2) is 60.9 Å². The number of aromatic amines is 1. The highest BCUT2D eigenvalue weighted by atomic mass is 19.4. The minimum absolute atomic E-state index is 0.221. The molecule has 0 saturated heterocycles. The number of phenols is 1. The van der Waals surface area contributed by atoms with Crippen LogP contribution in [0.4, 0.5) is 13.2 Å². The van der Waals surface area contributed by atoms with Crippen molar-refractivity contribution in [3.05, 3.63) is 83.2 Å². The maximum absolute atomic E-state index is 13.4. The molecule has 0 saturated carbocycles. The Kier molecular flexibility index (Phi) is 6.73. The van der Waals surface area contributed by atoms with Crippen molar-refractivity contribution in [2.45, 2.75) is 19.0 Å². The number of hydrogen-bond donors (Lipinski definition) is 2. The molecule has 2 N–H and O–H groups in total. The lowest BCUT2D eigenvalue weighted by Crippen LogP contribution is -2.07. The first kappa shape index (κ1) is 22.8. The van der Waals surface area contributed by atoms with Crippen LogP contribution in [-0.2, 0) is 12.6 Å². The van der Waals surface area contributed by atoms with E-state index in [4.69, 9.17) is 4.74 Å². The second-order valence-electron chi connectivity index (χ2n) is 7.23. The van der Waals surface area contributed by atoms with E-state index in [2.05, 4.69) is 37.4 Å². The van der Waals surface area contributed by atoms with Crippen LogP contribution in [0.25, 0.3) is 11.4 Å². The van der Waals surface area contributed by atoms with Gasteiger partial charge in [-0.15, -0.1) is 5.10 Å². The maximum atomic E-state index is 13.4. The molecule has 2 aromatic carbocycles. The van der Waals surface area contributed by atoms with E-state index in [9.17, 15) is 18.3 Å². The van der Waals surface area contributed by atoms with Crippen molar-refractivity contribution in [1.82, 2.24) is 25.6 Å². The Bertz CT molecular complexity index is 1310. The van der Waals surface area contributed by atoms with Crippen LogP contribution < -0.4 is 4.74 Å². The van der Waals surface area contributed by atoms with Gasteiger partial charge >= 0.3 is 6.18 Å². The van der Waals surface area contributed by atoms with Gasteiger partial charge in [0.15, 0.2) is 5.82 Å². The lowest BCUT2D eigenvalue weighted by atomic mass is 9.99. The molecular formula is C24H18F3N5O2. The van der Waals surface area contributed by atoms with Crippen molar-refractivity contribution in [3.63, 3.8) is 0 Å². The number of aromatic nitrogens is 5. The number of nitrogens with zero attached hydrogens (tertiary/aromatic N) is 4. The quantitative estimate of drug-likeness (QED) is 0.324. The summed E-state index contributed by atoms with van der Waals surface area (Å²) in [5.74, 6) is 6.14. The van der Waals surface area contributed by atoms with Gasteiger partial charge < -0.3 is 9.84 Å². The molecule has 0 spiro atoms. The monoisotopic (exact) mass is 465 g/mol. The molecule has 2 heterocycles. The second kappa shape index (κ2) is 10.0. The molecule has 0 bridgehead atoms. The Morgan fingerprint density at radius 1 is 0.971 bits per heavy atom. The highest BCUT2D eigenvalue weighted by Gasteiger charge is 2.33. The number of aryl methyl sites for hydroxylation is 1. The van der Waals surface area contributed by atoms with Gasteiger partial charge in [0.1, 0.15) is 11.5 Å². The van der Waals surface area contributed by atoms with Crippen molar-refractivity contribution in [3.8, 4) is 34.7 Å². The van der Waals surface area contributed by atoms with Crippen LogP contribution >= 0.6 is 0 Å². The molecule has 0 amide bonds. The van der Waals surface area contributed by atoms with Crippen molar-refractivity contribution >= 4 is 0 Å². The standard InChI is InChI=1S/C24H18F3N5O2/c25-24(26,27)22-15-20(33)8-7-17(22)5-3-16-4-6-19(23-29-31-32-30-23)14-18(16)2-1-13-34-21-9-11-28-12-10-21/h4,6-12,14-15,33H,1-2,13H2,(H,29,30,31,32). The van der Waals surface area contributed by atoms with Gasteiger partial charge in [0, 0.05) is 29.1 Å². The Labute approximate surface area is 192 Å². The first-order valence-corrected chi connectivity index (χ1v) is 10.2. The fourth-order valence-corrected chi connectivity index (χ4v) is 3.25. The number of hydrogen-bond acceptors (Lipinski definition) is 6. The Morgan fingerprint density at radius 3 is 2.47 bits per heavy atom. The number of benzene rings is 2. The summed E-state index contributed by atoms with van der Waals surface area (Å²) in [5.41, 5.74) is 0.895. The summed E-state index contributed by atoms with van der Waals surface area (Å²) in [6.45, 7) is 0.432. The molecule has 10 heteroatoms. The molecule has 34 heavy (non-hydrogen) atoms. The molecule has 0 atom stereocenters. The minimum atomic E-state index is -4.64. The fraction of sp³-hybridized carbons (Fsp3) is 0.167. The summed E-state index contributed by atoms with van der Waals surface area (Å²) >= 11 is 0. The van der Waals surface area contributed by atoms with Crippen molar-refractivity contribution in [2.75, 3.05) is 6.61 Å². The third-order valence-electron chi connectivity index (χ3n) is 4.87.